The van der Waals surface area contributed by atoms with Crippen molar-refractivity contribution in [2.24, 2.45) is 5.92 Å². The maximum Gasteiger partial charge on any atom is 0.270 e. The standard InChI is InChI=1S/C23H23N5O2/c1-30-19-4-2-3-16(9-19)11-24-23(29)22-20-8-7-17(18-12-25-26-13-18)10-21(20)27-28(22)14-15-5-6-15/h2-4,7-10,12-13,15H,5-6,11,14H2,1H3,(H,24,29)(H,25,26). The lowest BCUT2D eigenvalue weighted by atomic mass is 10.1. The molecule has 152 valence electrons. The number of nitrogens with zero attached hydrogens (tertiary/aromatic N) is 3. The number of aromatic nitrogens is 4. The minimum atomic E-state index is -0.114. The lowest BCUT2D eigenvalue weighted by Gasteiger charge is -2.09. The zero-order valence-corrected chi connectivity index (χ0v) is 16.8. The first kappa shape index (κ1) is 18.4. The van der Waals surface area contributed by atoms with Crippen molar-refractivity contribution in [1.82, 2.24) is 25.3 Å². The van der Waals surface area contributed by atoms with Crippen LogP contribution in [0.5, 0.6) is 5.75 Å². The van der Waals surface area contributed by atoms with E-state index in [1.807, 2.05) is 53.3 Å². The van der Waals surface area contributed by atoms with Crippen molar-refractivity contribution in [2.45, 2.75) is 25.9 Å². The average molecular weight is 401 g/mol. The van der Waals surface area contributed by atoms with Gasteiger partial charge in [-0.15, -0.1) is 0 Å². The summed E-state index contributed by atoms with van der Waals surface area (Å²) >= 11 is 0. The molecule has 0 spiro atoms. The summed E-state index contributed by atoms with van der Waals surface area (Å²) < 4.78 is 7.15. The zero-order chi connectivity index (χ0) is 20.5. The van der Waals surface area contributed by atoms with Crippen molar-refractivity contribution < 1.29 is 9.53 Å². The first-order valence-electron chi connectivity index (χ1n) is 10.1. The Hall–Kier alpha value is -3.61. The molecule has 30 heavy (non-hydrogen) atoms. The molecule has 2 N–H and O–H groups in total. The summed E-state index contributed by atoms with van der Waals surface area (Å²) in [6.45, 7) is 1.21. The molecule has 0 saturated heterocycles. The summed E-state index contributed by atoms with van der Waals surface area (Å²) in [4.78, 5) is 13.2. The molecule has 0 radical (unpaired) electrons. The van der Waals surface area contributed by atoms with Crippen LogP contribution in [-0.2, 0) is 13.1 Å². The Morgan fingerprint density at radius 2 is 2.13 bits per heavy atom. The van der Waals surface area contributed by atoms with Crippen molar-refractivity contribution in [2.75, 3.05) is 7.11 Å². The van der Waals surface area contributed by atoms with E-state index in [0.717, 1.165) is 39.9 Å². The lowest BCUT2D eigenvalue weighted by Crippen LogP contribution is -2.26. The number of fused-ring (bicyclic) bond motifs is 1. The molecule has 0 bridgehead atoms. The highest BCUT2D eigenvalue weighted by Crippen LogP contribution is 2.33. The van der Waals surface area contributed by atoms with Crippen LogP contribution in [0.25, 0.3) is 22.0 Å². The maximum atomic E-state index is 13.2. The number of benzene rings is 2. The van der Waals surface area contributed by atoms with Gasteiger partial charge in [-0.25, -0.2) is 0 Å². The molecule has 0 aliphatic heterocycles. The van der Waals surface area contributed by atoms with E-state index in [-0.39, 0.29) is 5.91 Å². The molecule has 0 atom stereocenters. The SMILES string of the molecule is COc1cccc(CNC(=O)c2c3ccc(-c4cn[nH]c4)cc3nn2CC2CC2)c1. The third-order valence-corrected chi connectivity index (χ3v) is 5.50. The molecule has 0 unspecified atom stereocenters. The Morgan fingerprint density at radius 1 is 1.23 bits per heavy atom. The summed E-state index contributed by atoms with van der Waals surface area (Å²) in [7, 11) is 1.64. The van der Waals surface area contributed by atoms with Crippen molar-refractivity contribution in [1.29, 1.82) is 0 Å². The predicted octanol–water partition coefficient (Wildman–Crippen LogP) is 3.78. The molecule has 1 saturated carbocycles. The van der Waals surface area contributed by atoms with E-state index in [1.165, 1.54) is 12.8 Å². The number of ether oxygens (including phenoxy) is 1. The molecular weight excluding hydrogens is 378 g/mol. The van der Waals surface area contributed by atoms with Crippen LogP contribution in [0.3, 0.4) is 0 Å². The minimum Gasteiger partial charge on any atom is -0.497 e. The number of nitrogens with one attached hydrogen (secondary N) is 2. The molecule has 4 aromatic rings. The fourth-order valence-corrected chi connectivity index (χ4v) is 3.69. The molecule has 1 fully saturated rings. The van der Waals surface area contributed by atoms with Crippen molar-refractivity contribution >= 4 is 16.8 Å². The minimum absolute atomic E-state index is 0.114. The maximum absolute atomic E-state index is 13.2. The number of carbonyl (C=O) groups is 1. The molecule has 2 aromatic carbocycles. The van der Waals surface area contributed by atoms with Gasteiger partial charge in [-0.2, -0.15) is 10.2 Å². The van der Waals surface area contributed by atoms with Gasteiger partial charge in [0.15, 0.2) is 0 Å². The van der Waals surface area contributed by atoms with Gasteiger partial charge in [0.05, 0.1) is 18.8 Å². The van der Waals surface area contributed by atoms with Gasteiger partial charge in [-0.1, -0.05) is 18.2 Å². The number of H-pyrrole nitrogens is 1. The highest BCUT2D eigenvalue weighted by molar-refractivity contribution is 6.05. The average Bonchev–Trinajstić information content (AvgIpc) is 3.27. The third-order valence-electron chi connectivity index (χ3n) is 5.50. The molecule has 2 aromatic heterocycles. The third kappa shape index (κ3) is 3.66. The number of methoxy groups -OCH3 is 1. The van der Waals surface area contributed by atoms with Gasteiger partial charge >= 0.3 is 0 Å². The highest BCUT2D eigenvalue weighted by Gasteiger charge is 2.26. The summed E-state index contributed by atoms with van der Waals surface area (Å²) in [6.07, 6.45) is 6.02. The quantitative estimate of drug-likeness (QED) is 0.494. The summed E-state index contributed by atoms with van der Waals surface area (Å²) in [5.41, 5.74) is 4.45. The van der Waals surface area contributed by atoms with E-state index < -0.39 is 0 Å². The van der Waals surface area contributed by atoms with E-state index in [4.69, 9.17) is 9.84 Å². The predicted molar refractivity (Wildman–Crippen MR) is 114 cm³/mol. The van der Waals surface area contributed by atoms with E-state index in [0.29, 0.717) is 18.2 Å². The van der Waals surface area contributed by atoms with Crippen LogP contribution in [0, 0.1) is 5.92 Å². The number of hydrogen-bond acceptors (Lipinski definition) is 4. The normalized spacial score (nSPS) is 13.5. The monoisotopic (exact) mass is 401 g/mol. The second-order valence-corrected chi connectivity index (χ2v) is 7.73. The number of carbonyl (C=O) groups excluding carboxylic acids is 1. The van der Waals surface area contributed by atoms with Crippen LogP contribution in [0.1, 0.15) is 28.9 Å². The van der Waals surface area contributed by atoms with Gasteiger partial charge in [0.1, 0.15) is 11.4 Å². The molecule has 5 rings (SSSR count). The van der Waals surface area contributed by atoms with Crippen LogP contribution in [-0.4, -0.2) is 33.0 Å². The second kappa shape index (κ2) is 7.67. The number of amides is 1. The first-order chi connectivity index (χ1) is 14.7. The van der Waals surface area contributed by atoms with Gasteiger partial charge in [0.2, 0.25) is 0 Å². The van der Waals surface area contributed by atoms with Crippen LogP contribution in [0.4, 0.5) is 0 Å². The summed E-state index contributed by atoms with van der Waals surface area (Å²) in [5.74, 6) is 1.27. The second-order valence-electron chi connectivity index (χ2n) is 7.73. The molecule has 1 amide bonds. The topological polar surface area (TPSA) is 84.8 Å². The molecule has 1 aliphatic carbocycles. The van der Waals surface area contributed by atoms with E-state index in [1.54, 1.807) is 13.3 Å². The van der Waals surface area contributed by atoms with Crippen LogP contribution in [0.2, 0.25) is 0 Å². The molecule has 2 heterocycles. The fourth-order valence-electron chi connectivity index (χ4n) is 3.69. The molecule has 1 aliphatic rings. The number of rotatable bonds is 7. The van der Waals surface area contributed by atoms with Crippen LogP contribution >= 0.6 is 0 Å². The number of aromatic amines is 1. The largest absolute Gasteiger partial charge is 0.497 e. The van der Waals surface area contributed by atoms with E-state index in [2.05, 4.69) is 15.5 Å². The Kier molecular flexibility index (Phi) is 4.71. The van der Waals surface area contributed by atoms with Crippen LogP contribution < -0.4 is 10.1 Å². The molecular formula is C23H23N5O2. The Morgan fingerprint density at radius 3 is 2.90 bits per heavy atom. The van der Waals surface area contributed by atoms with E-state index >= 15 is 0 Å². The van der Waals surface area contributed by atoms with Crippen LogP contribution in [0.15, 0.2) is 54.9 Å². The Bertz CT molecular complexity index is 1190. The van der Waals surface area contributed by atoms with Crippen molar-refractivity contribution in [3.63, 3.8) is 0 Å². The first-order valence-corrected chi connectivity index (χ1v) is 10.1. The smallest absolute Gasteiger partial charge is 0.270 e. The summed E-state index contributed by atoms with van der Waals surface area (Å²) in [6, 6.07) is 13.7. The fraction of sp³-hybridized carbons (Fsp3) is 0.261. The summed E-state index contributed by atoms with van der Waals surface area (Å²) in [5, 5.41) is 15.5. The lowest BCUT2D eigenvalue weighted by molar-refractivity contribution is 0.0941. The highest BCUT2D eigenvalue weighted by atomic mass is 16.5. The number of hydrogen-bond donors (Lipinski definition) is 2. The Balaban J connectivity index is 1.45. The van der Waals surface area contributed by atoms with Gasteiger partial charge in [0.25, 0.3) is 5.91 Å². The Labute approximate surface area is 174 Å². The van der Waals surface area contributed by atoms with Crippen molar-refractivity contribution in [3.05, 3.63) is 66.1 Å². The van der Waals surface area contributed by atoms with Gasteiger partial charge in [-0.05, 0) is 54.2 Å². The van der Waals surface area contributed by atoms with Gasteiger partial charge in [-0.3, -0.25) is 14.6 Å². The molecule has 7 nitrogen and oxygen atoms in total. The zero-order valence-electron chi connectivity index (χ0n) is 16.8. The van der Waals surface area contributed by atoms with E-state index in [9.17, 15) is 4.79 Å². The molecule has 7 heteroatoms. The van der Waals surface area contributed by atoms with Crippen molar-refractivity contribution in [3.8, 4) is 16.9 Å². The van der Waals surface area contributed by atoms with Gasteiger partial charge in [0, 0.05) is 30.2 Å². The van der Waals surface area contributed by atoms with Gasteiger partial charge < -0.3 is 10.1 Å².